The van der Waals surface area contributed by atoms with E-state index in [0.717, 1.165) is 30.3 Å². The van der Waals surface area contributed by atoms with Gasteiger partial charge in [-0.05, 0) is 64.2 Å². The van der Waals surface area contributed by atoms with Crippen LogP contribution in [0.4, 0.5) is 11.4 Å². The summed E-state index contributed by atoms with van der Waals surface area (Å²) in [6.45, 7) is 2.50. The highest BCUT2D eigenvalue weighted by Gasteiger charge is 2.41. The number of carbonyl (C=O) groups is 1. The molecule has 3 rings (SSSR count). The van der Waals surface area contributed by atoms with Gasteiger partial charge in [-0.25, -0.2) is 13.1 Å². The first-order valence-corrected chi connectivity index (χ1v) is 13.9. The van der Waals surface area contributed by atoms with Gasteiger partial charge in [0.15, 0.2) is 0 Å². The van der Waals surface area contributed by atoms with Gasteiger partial charge in [-0.3, -0.25) is 14.9 Å². The van der Waals surface area contributed by atoms with Crippen molar-refractivity contribution in [1.82, 2.24) is 9.62 Å². The summed E-state index contributed by atoms with van der Waals surface area (Å²) in [4.78, 5) is 26.5. The number of thioether (sulfide) groups is 1. The van der Waals surface area contributed by atoms with Gasteiger partial charge >= 0.3 is 0 Å². The lowest BCUT2D eigenvalue weighted by Gasteiger charge is -2.36. The van der Waals surface area contributed by atoms with Crippen molar-refractivity contribution in [3.8, 4) is 0 Å². The Morgan fingerprint density at radius 1 is 1.20 bits per heavy atom. The molecule has 1 aliphatic carbocycles. The van der Waals surface area contributed by atoms with Crippen molar-refractivity contribution in [2.75, 3.05) is 31.7 Å². The van der Waals surface area contributed by atoms with E-state index in [4.69, 9.17) is 0 Å². The van der Waals surface area contributed by atoms with Gasteiger partial charge in [-0.2, -0.15) is 0 Å². The molecular formula is C24H32N4O5S2. The number of nitro groups is 1. The Labute approximate surface area is 210 Å². The van der Waals surface area contributed by atoms with E-state index in [0.29, 0.717) is 18.6 Å². The van der Waals surface area contributed by atoms with Gasteiger partial charge in [0.05, 0.1) is 9.82 Å². The molecule has 1 atom stereocenters. The predicted molar refractivity (Wildman–Crippen MR) is 138 cm³/mol. The normalized spacial score (nSPS) is 15.8. The molecule has 0 spiro atoms. The Bertz CT molecular complexity index is 1150. The minimum Gasteiger partial charge on any atom is -0.376 e. The molecule has 0 aromatic heterocycles. The second-order valence-corrected chi connectivity index (χ2v) is 12.1. The average molecular weight is 521 g/mol. The van der Waals surface area contributed by atoms with E-state index in [1.165, 1.54) is 12.1 Å². The van der Waals surface area contributed by atoms with Crippen LogP contribution in [0.3, 0.4) is 0 Å². The van der Waals surface area contributed by atoms with Crippen LogP contribution in [0, 0.1) is 15.5 Å². The van der Waals surface area contributed by atoms with Gasteiger partial charge < -0.3 is 10.2 Å². The Kier molecular flexibility index (Phi) is 8.79. The molecular weight excluding hydrogens is 488 g/mol. The maximum atomic E-state index is 12.8. The van der Waals surface area contributed by atoms with Gasteiger partial charge in [0.1, 0.15) is 5.69 Å². The summed E-state index contributed by atoms with van der Waals surface area (Å²) >= 11 is 1.64. The topological polar surface area (TPSA) is 122 Å². The minimum atomic E-state index is -4.23. The maximum Gasteiger partial charge on any atom is 0.293 e. The lowest BCUT2D eigenvalue weighted by atomic mass is 9.70. The minimum absolute atomic E-state index is 0.0953. The van der Waals surface area contributed by atoms with Crippen LogP contribution in [0.5, 0.6) is 0 Å². The number of anilines is 1. The van der Waals surface area contributed by atoms with Crippen LogP contribution in [-0.4, -0.2) is 56.6 Å². The number of sulfonamides is 1. The van der Waals surface area contributed by atoms with Gasteiger partial charge in [0.2, 0.25) is 5.91 Å². The Hall–Kier alpha value is -2.63. The van der Waals surface area contributed by atoms with Crippen LogP contribution in [-0.2, 0) is 14.8 Å². The third kappa shape index (κ3) is 7.18. The Morgan fingerprint density at radius 3 is 2.46 bits per heavy atom. The number of carbonyl (C=O) groups excluding carboxylic acids is 1. The highest BCUT2D eigenvalue weighted by Crippen LogP contribution is 2.40. The molecule has 2 N–H and O–H groups in total. The van der Waals surface area contributed by atoms with Gasteiger partial charge in [-0.15, -0.1) is 11.8 Å². The van der Waals surface area contributed by atoms with E-state index in [2.05, 4.69) is 10.0 Å². The van der Waals surface area contributed by atoms with E-state index in [-0.39, 0.29) is 22.3 Å². The average Bonchev–Trinajstić information content (AvgIpc) is 2.79. The standard InChI is InChI=1S/C24H32N4O5S2/c1-24(13-7-14-24)23(29)26-35(32,33)20-10-11-21(22(16-20)28(30)31)25-18(12-15-27(2)3)17-34-19-8-5-4-6-9-19/h4-6,8-11,16,18,25H,7,12-15,17H2,1-3H3,(H,26,29)/t18-/m1/s1. The number of benzene rings is 2. The fourth-order valence-electron chi connectivity index (χ4n) is 3.73. The molecule has 1 aliphatic rings. The second kappa shape index (κ2) is 11.4. The first-order chi connectivity index (χ1) is 16.5. The largest absolute Gasteiger partial charge is 0.376 e. The van der Waals surface area contributed by atoms with Crippen LogP contribution < -0.4 is 10.0 Å². The summed E-state index contributed by atoms with van der Waals surface area (Å²) in [6, 6.07) is 13.5. The zero-order valence-electron chi connectivity index (χ0n) is 20.2. The molecule has 11 heteroatoms. The quantitative estimate of drug-likeness (QED) is 0.244. The van der Waals surface area contributed by atoms with Crippen molar-refractivity contribution in [3.63, 3.8) is 0 Å². The van der Waals surface area contributed by atoms with E-state index >= 15 is 0 Å². The number of amides is 1. The number of nitrogens with one attached hydrogen (secondary N) is 2. The molecule has 0 bridgehead atoms. The first kappa shape index (κ1) is 27.0. The monoisotopic (exact) mass is 520 g/mol. The zero-order chi connectivity index (χ0) is 25.6. The molecule has 2 aromatic carbocycles. The molecule has 0 aliphatic heterocycles. The summed E-state index contributed by atoms with van der Waals surface area (Å²) in [7, 11) is -0.310. The molecule has 0 radical (unpaired) electrons. The molecule has 1 fully saturated rings. The van der Waals surface area contributed by atoms with Crippen molar-refractivity contribution in [1.29, 1.82) is 0 Å². The summed E-state index contributed by atoms with van der Waals surface area (Å²) in [5, 5.41) is 15.1. The smallest absolute Gasteiger partial charge is 0.293 e. The Morgan fingerprint density at radius 2 is 1.89 bits per heavy atom. The fourth-order valence-corrected chi connectivity index (χ4v) is 5.85. The zero-order valence-corrected chi connectivity index (χ0v) is 21.8. The van der Waals surface area contributed by atoms with Crippen molar-refractivity contribution in [2.24, 2.45) is 5.41 Å². The van der Waals surface area contributed by atoms with E-state index in [1.807, 2.05) is 49.3 Å². The van der Waals surface area contributed by atoms with Crippen LogP contribution in [0.15, 0.2) is 58.3 Å². The van der Waals surface area contributed by atoms with Gasteiger partial charge in [0.25, 0.3) is 15.7 Å². The van der Waals surface area contributed by atoms with E-state index in [1.54, 1.807) is 18.7 Å². The fraction of sp³-hybridized carbons (Fsp3) is 0.458. The Balaban J connectivity index is 1.79. The molecule has 2 aromatic rings. The summed E-state index contributed by atoms with van der Waals surface area (Å²) in [5.74, 6) is 0.0965. The first-order valence-electron chi connectivity index (χ1n) is 11.4. The summed E-state index contributed by atoms with van der Waals surface area (Å²) < 4.78 is 27.7. The number of hydrogen-bond donors (Lipinski definition) is 2. The third-order valence-corrected chi connectivity index (χ3v) is 8.69. The van der Waals surface area contributed by atoms with E-state index in [9.17, 15) is 23.3 Å². The number of nitro benzene ring substituents is 1. The van der Waals surface area contributed by atoms with Crippen LogP contribution in [0.25, 0.3) is 0 Å². The molecule has 1 saturated carbocycles. The second-order valence-electron chi connectivity index (χ2n) is 9.34. The SMILES string of the molecule is CN(C)CC[C@H](CSc1ccccc1)Nc1ccc(S(=O)(=O)NC(=O)C2(C)CCC2)cc1[N+](=O)[O-]. The van der Waals surface area contributed by atoms with Gasteiger partial charge in [0, 0.05) is 28.2 Å². The molecule has 0 unspecified atom stereocenters. The van der Waals surface area contributed by atoms with Crippen LogP contribution >= 0.6 is 11.8 Å². The highest BCUT2D eigenvalue weighted by atomic mass is 32.2. The molecule has 9 nitrogen and oxygen atoms in total. The summed E-state index contributed by atoms with van der Waals surface area (Å²) in [6.07, 6.45) is 2.84. The van der Waals surface area contributed by atoms with Crippen LogP contribution in [0.2, 0.25) is 0 Å². The van der Waals surface area contributed by atoms with Crippen molar-refractivity contribution >= 4 is 39.1 Å². The predicted octanol–water partition coefficient (Wildman–Crippen LogP) is 4.11. The van der Waals surface area contributed by atoms with Crippen molar-refractivity contribution in [3.05, 3.63) is 58.6 Å². The van der Waals surface area contributed by atoms with Crippen molar-refractivity contribution in [2.45, 2.75) is 48.4 Å². The van der Waals surface area contributed by atoms with Crippen molar-refractivity contribution < 1.29 is 18.1 Å². The van der Waals surface area contributed by atoms with Crippen LogP contribution in [0.1, 0.15) is 32.6 Å². The number of hydrogen-bond acceptors (Lipinski definition) is 8. The highest BCUT2D eigenvalue weighted by molar-refractivity contribution is 7.99. The maximum absolute atomic E-state index is 12.8. The molecule has 0 saturated heterocycles. The van der Waals surface area contributed by atoms with E-state index < -0.39 is 26.3 Å². The summed E-state index contributed by atoms with van der Waals surface area (Å²) in [5.41, 5.74) is -0.824. The third-order valence-electron chi connectivity index (χ3n) is 6.19. The van der Waals surface area contributed by atoms with Gasteiger partial charge in [-0.1, -0.05) is 31.5 Å². The lowest BCUT2D eigenvalue weighted by molar-refractivity contribution is -0.384. The molecule has 1 amide bonds. The number of rotatable bonds is 12. The molecule has 190 valence electrons. The molecule has 0 heterocycles. The molecule has 35 heavy (non-hydrogen) atoms. The lowest BCUT2D eigenvalue weighted by Crippen LogP contribution is -2.45. The number of nitrogens with zero attached hydrogens (tertiary/aromatic N) is 2.